The van der Waals surface area contributed by atoms with Crippen molar-refractivity contribution in [2.45, 2.75) is 32.6 Å². The van der Waals surface area contributed by atoms with Crippen LogP contribution in [0.2, 0.25) is 0 Å². The Morgan fingerprint density at radius 3 is 2.05 bits per heavy atom. The van der Waals surface area contributed by atoms with Crippen molar-refractivity contribution >= 4 is 17.3 Å². The lowest BCUT2D eigenvalue weighted by molar-refractivity contribution is -0.121. The van der Waals surface area contributed by atoms with E-state index < -0.39 is 5.41 Å². The first-order valence-electron chi connectivity index (χ1n) is 6.88. The van der Waals surface area contributed by atoms with Gasteiger partial charge in [0.25, 0.3) is 0 Å². The molecule has 1 aromatic carbocycles. The molecule has 108 valence electrons. The normalized spacial score (nSPS) is 21.3. The molecule has 1 aliphatic carbocycles. The Hall–Kier alpha value is -2.29. The molecule has 21 heavy (non-hydrogen) atoms. The second kappa shape index (κ2) is 5.60. The maximum absolute atomic E-state index is 12.4. The molecule has 0 aliphatic heterocycles. The van der Waals surface area contributed by atoms with Crippen molar-refractivity contribution in [1.29, 1.82) is 0 Å². The number of carbonyl (C=O) groups excluding carboxylic acids is 3. The summed E-state index contributed by atoms with van der Waals surface area (Å²) < 4.78 is 0. The number of hydrogen-bond donors (Lipinski definition) is 0. The lowest BCUT2D eigenvalue weighted by Gasteiger charge is -2.32. The first kappa shape index (κ1) is 15.1. The largest absolute Gasteiger partial charge is 0.299 e. The fourth-order valence-corrected chi connectivity index (χ4v) is 2.68. The molecule has 1 atom stereocenters. The van der Waals surface area contributed by atoms with Crippen LogP contribution in [0.3, 0.4) is 0 Å². The van der Waals surface area contributed by atoms with E-state index in [-0.39, 0.29) is 17.3 Å². The molecule has 0 heterocycles. The SMILES string of the molecule is CC(=O)C1=CC(C(C)=O)(c2ccccc2)CC(C(C)=O)=C1. The van der Waals surface area contributed by atoms with Gasteiger partial charge in [-0.3, -0.25) is 14.4 Å². The molecule has 1 aliphatic rings. The highest BCUT2D eigenvalue weighted by atomic mass is 16.1. The van der Waals surface area contributed by atoms with E-state index in [9.17, 15) is 14.4 Å². The molecule has 0 amide bonds. The van der Waals surface area contributed by atoms with E-state index in [1.807, 2.05) is 30.3 Å². The van der Waals surface area contributed by atoms with Crippen LogP contribution in [0.25, 0.3) is 0 Å². The maximum Gasteiger partial charge on any atom is 0.159 e. The van der Waals surface area contributed by atoms with Gasteiger partial charge in [0.15, 0.2) is 11.6 Å². The third-order valence-electron chi connectivity index (χ3n) is 3.98. The van der Waals surface area contributed by atoms with E-state index in [2.05, 4.69) is 0 Å². The van der Waals surface area contributed by atoms with Gasteiger partial charge >= 0.3 is 0 Å². The lowest BCUT2D eigenvalue weighted by atomic mass is 9.68. The number of hydrogen-bond acceptors (Lipinski definition) is 3. The number of rotatable bonds is 4. The molecule has 0 fully saturated rings. The van der Waals surface area contributed by atoms with Gasteiger partial charge in [0.05, 0.1) is 5.41 Å². The first-order valence-corrected chi connectivity index (χ1v) is 6.88. The molecule has 0 radical (unpaired) electrons. The van der Waals surface area contributed by atoms with Crippen molar-refractivity contribution in [3.8, 4) is 0 Å². The van der Waals surface area contributed by atoms with Crippen molar-refractivity contribution in [2.24, 2.45) is 0 Å². The average Bonchev–Trinajstić information content (AvgIpc) is 2.47. The molecule has 2 rings (SSSR count). The van der Waals surface area contributed by atoms with Gasteiger partial charge in [-0.1, -0.05) is 36.4 Å². The summed E-state index contributed by atoms with van der Waals surface area (Å²) in [7, 11) is 0. The van der Waals surface area contributed by atoms with E-state index in [1.165, 1.54) is 20.8 Å². The predicted octanol–water partition coefficient (Wildman–Crippen LogP) is 2.95. The number of Topliss-reactive ketones (excluding diaryl/α,β-unsaturated/α-hetero) is 3. The zero-order valence-corrected chi connectivity index (χ0v) is 12.5. The number of benzene rings is 1. The Morgan fingerprint density at radius 2 is 1.57 bits per heavy atom. The zero-order valence-electron chi connectivity index (χ0n) is 12.5. The molecule has 0 saturated heterocycles. The van der Waals surface area contributed by atoms with Gasteiger partial charge in [0.2, 0.25) is 0 Å². The van der Waals surface area contributed by atoms with E-state index >= 15 is 0 Å². The molecular weight excluding hydrogens is 264 g/mol. The molecule has 0 aromatic heterocycles. The van der Waals surface area contributed by atoms with Gasteiger partial charge in [0, 0.05) is 5.57 Å². The number of allylic oxidation sites excluding steroid dienone is 4. The Balaban J connectivity index is 2.67. The molecule has 1 aromatic rings. The maximum atomic E-state index is 12.4. The molecular formula is C18H18O3. The van der Waals surface area contributed by atoms with E-state index in [1.54, 1.807) is 12.2 Å². The summed E-state index contributed by atoms with van der Waals surface area (Å²) in [5.41, 5.74) is 0.813. The monoisotopic (exact) mass is 282 g/mol. The van der Waals surface area contributed by atoms with E-state index in [0.717, 1.165) is 5.56 Å². The summed E-state index contributed by atoms with van der Waals surface area (Å²) in [6, 6.07) is 9.30. The minimum Gasteiger partial charge on any atom is -0.299 e. The Morgan fingerprint density at radius 1 is 0.952 bits per heavy atom. The van der Waals surface area contributed by atoms with Crippen LogP contribution >= 0.6 is 0 Å². The molecule has 0 bridgehead atoms. The van der Waals surface area contributed by atoms with Crippen molar-refractivity contribution in [3.05, 3.63) is 59.2 Å². The summed E-state index contributed by atoms with van der Waals surface area (Å²) >= 11 is 0. The van der Waals surface area contributed by atoms with Gasteiger partial charge in [0.1, 0.15) is 5.78 Å². The standard InChI is InChI=1S/C18H18O3/c1-12(19)15-9-16(13(2)20)11-18(10-15,14(3)21)17-7-5-4-6-8-17/h4-10H,11H2,1-3H3. The van der Waals surface area contributed by atoms with E-state index in [4.69, 9.17) is 0 Å². The second-order valence-corrected chi connectivity index (χ2v) is 5.45. The zero-order chi connectivity index (χ0) is 15.6. The quantitative estimate of drug-likeness (QED) is 0.853. The smallest absolute Gasteiger partial charge is 0.159 e. The summed E-state index contributed by atoms with van der Waals surface area (Å²) in [6.45, 7) is 4.41. The highest BCUT2D eigenvalue weighted by Crippen LogP contribution is 2.39. The summed E-state index contributed by atoms with van der Waals surface area (Å²) in [6.07, 6.45) is 3.62. The Kier molecular flexibility index (Phi) is 4.03. The summed E-state index contributed by atoms with van der Waals surface area (Å²) in [5, 5.41) is 0. The molecule has 0 spiro atoms. The van der Waals surface area contributed by atoms with Crippen molar-refractivity contribution in [2.75, 3.05) is 0 Å². The van der Waals surface area contributed by atoms with Crippen LogP contribution in [0.4, 0.5) is 0 Å². The van der Waals surface area contributed by atoms with Crippen molar-refractivity contribution < 1.29 is 14.4 Å². The van der Waals surface area contributed by atoms with Crippen LogP contribution in [0, 0.1) is 0 Å². The Labute approximate surface area is 124 Å². The molecule has 3 heteroatoms. The van der Waals surface area contributed by atoms with Crippen LogP contribution in [0.1, 0.15) is 32.8 Å². The fourth-order valence-electron chi connectivity index (χ4n) is 2.68. The summed E-state index contributed by atoms with van der Waals surface area (Å²) in [4.78, 5) is 35.9. The molecule has 0 saturated carbocycles. The highest BCUT2D eigenvalue weighted by molar-refractivity contribution is 6.05. The number of carbonyl (C=O) groups is 3. The lowest BCUT2D eigenvalue weighted by Crippen LogP contribution is -2.36. The van der Waals surface area contributed by atoms with Crippen LogP contribution < -0.4 is 0 Å². The van der Waals surface area contributed by atoms with Crippen LogP contribution in [0.15, 0.2) is 53.6 Å². The molecule has 0 N–H and O–H groups in total. The highest BCUT2D eigenvalue weighted by Gasteiger charge is 2.39. The fraction of sp³-hybridized carbons (Fsp3) is 0.278. The minimum atomic E-state index is -0.933. The first-order chi connectivity index (χ1) is 9.86. The van der Waals surface area contributed by atoms with Gasteiger partial charge in [-0.25, -0.2) is 0 Å². The average molecular weight is 282 g/mol. The Bertz CT molecular complexity index is 665. The van der Waals surface area contributed by atoms with E-state index in [0.29, 0.717) is 17.6 Å². The van der Waals surface area contributed by atoms with Crippen LogP contribution in [0.5, 0.6) is 0 Å². The van der Waals surface area contributed by atoms with Crippen LogP contribution in [-0.4, -0.2) is 17.3 Å². The third-order valence-corrected chi connectivity index (χ3v) is 3.98. The second-order valence-electron chi connectivity index (χ2n) is 5.45. The predicted molar refractivity (Wildman–Crippen MR) is 80.9 cm³/mol. The topological polar surface area (TPSA) is 51.2 Å². The minimum absolute atomic E-state index is 0.0701. The van der Waals surface area contributed by atoms with Crippen molar-refractivity contribution in [3.63, 3.8) is 0 Å². The van der Waals surface area contributed by atoms with Gasteiger partial charge in [-0.2, -0.15) is 0 Å². The number of ketones is 3. The van der Waals surface area contributed by atoms with Gasteiger partial charge < -0.3 is 0 Å². The summed E-state index contributed by atoms with van der Waals surface area (Å²) in [5.74, 6) is -0.322. The molecule has 1 unspecified atom stereocenters. The van der Waals surface area contributed by atoms with Crippen LogP contribution in [-0.2, 0) is 19.8 Å². The van der Waals surface area contributed by atoms with Gasteiger partial charge in [-0.15, -0.1) is 0 Å². The van der Waals surface area contributed by atoms with Gasteiger partial charge in [-0.05, 0) is 44.4 Å². The van der Waals surface area contributed by atoms with Crippen molar-refractivity contribution in [1.82, 2.24) is 0 Å². The molecule has 3 nitrogen and oxygen atoms in total. The third kappa shape index (κ3) is 2.77.